The van der Waals surface area contributed by atoms with Gasteiger partial charge in [0.15, 0.2) is 5.13 Å². The Morgan fingerprint density at radius 3 is 2.50 bits per heavy atom. The van der Waals surface area contributed by atoms with Gasteiger partial charge in [-0.25, -0.2) is 9.99 Å². The molecule has 1 N–H and O–H groups in total. The van der Waals surface area contributed by atoms with E-state index in [0.717, 1.165) is 72.9 Å². The maximum Gasteiger partial charge on any atom is 0.186 e. The summed E-state index contributed by atoms with van der Waals surface area (Å²) in [4.78, 5) is 8.43. The summed E-state index contributed by atoms with van der Waals surface area (Å²) >= 11 is 5.77. The van der Waals surface area contributed by atoms with Gasteiger partial charge in [-0.15, -0.1) is 0 Å². The minimum atomic E-state index is -0.236. The van der Waals surface area contributed by atoms with E-state index in [0.29, 0.717) is 5.92 Å². The van der Waals surface area contributed by atoms with Crippen molar-refractivity contribution in [2.24, 2.45) is 11.0 Å². The minimum Gasteiger partial charge on any atom is -0.378 e. The van der Waals surface area contributed by atoms with Crippen LogP contribution in [0, 0.1) is 12.8 Å². The number of aryl methyl sites for hydroxylation is 1. The van der Waals surface area contributed by atoms with Crippen LogP contribution >= 0.6 is 27.3 Å². The van der Waals surface area contributed by atoms with Gasteiger partial charge in [0.2, 0.25) is 0 Å². The van der Waals surface area contributed by atoms with Crippen molar-refractivity contribution >= 4 is 43.8 Å². The van der Waals surface area contributed by atoms with Crippen LogP contribution in [0.15, 0.2) is 22.2 Å². The molecule has 8 heteroatoms. The fourth-order valence-corrected chi connectivity index (χ4v) is 6.33. The van der Waals surface area contributed by atoms with Gasteiger partial charge < -0.3 is 15.0 Å². The topological polar surface area (TPSA) is 53.0 Å². The predicted octanol–water partition coefficient (Wildman–Crippen LogP) is 5.07. The number of morpholine rings is 1. The van der Waals surface area contributed by atoms with Gasteiger partial charge in [0, 0.05) is 18.8 Å². The Morgan fingerprint density at radius 1 is 1.20 bits per heavy atom. The molecule has 1 saturated heterocycles. The molecule has 0 bridgehead atoms. The van der Waals surface area contributed by atoms with Crippen LogP contribution < -0.4 is 10.2 Å². The van der Waals surface area contributed by atoms with Gasteiger partial charge in [0.25, 0.3) is 0 Å². The van der Waals surface area contributed by atoms with Crippen LogP contribution in [-0.4, -0.2) is 46.3 Å². The number of hydrogen-bond donors (Lipinski definition) is 1. The van der Waals surface area contributed by atoms with Crippen molar-refractivity contribution in [1.29, 1.82) is 0 Å². The third kappa shape index (κ3) is 3.50. The number of rotatable bonds is 5. The van der Waals surface area contributed by atoms with Gasteiger partial charge in [-0.1, -0.05) is 41.1 Å². The number of alkyl halides is 1. The number of nitrogens with zero attached hydrogens (tertiary/aromatic N) is 4. The Balaban J connectivity index is 1.77. The number of ether oxygens (including phenoxy) is 1. The fraction of sp³-hybridized carbons (Fsp3) is 0.636. The number of halogens is 1. The zero-order chi connectivity index (χ0) is 21.6. The molecule has 3 aliphatic heterocycles. The average molecular weight is 495 g/mol. The number of aromatic nitrogens is 1. The Bertz CT molecular complexity index is 922. The largest absolute Gasteiger partial charge is 0.378 e. The third-order valence-corrected chi connectivity index (χ3v) is 8.68. The highest BCUT2D eigenvalue weighted by Gasteiger charge is 2.44. The number of hydrazone groups is 1. The second-order valence-corrected chi connectivity index (χ2v) is 10.9. The minimum absolute atomic E-state index is 0.236. The first kappa shape index (κ1) is 21.8. The number of thiazole rings is 1. The molecular weight excluding hydrogens is 462 g/mol. The molecule has 1 unspecified atom stereocenters. The highest BCUT2D eigenvalue weighted by molar-refractivity contribution is 9.10. The molecule has 1 atom stereocenters. The zero-order valence-corrected chi connectivity index (χ0v) is 21.2. The first-order chi connectivity index (χ1) is 14.3. The van der Waals surface area contributed by atoms with Crippen molar-refractivity contribution in [2.45, 2.75) is 58.7 Å². The first-order valence-electron chi connectivity index (χ1n) is 10.9. The standard InChI is InChI=1S/C22H32BrN5OS/c1-7-16(8-2)17-20-24-13(3)18(28(20)26-15(5)22(17,6)23)19-14(4)25-21(30-19)27-9-11-29-12-10-27/h16,24H,7-12H2,1-6H3. The molecule has 6 nitrogen and oxygen atoms in total. The molecule has 1 aromatic rings. The van der Waals surface area contributed by atoms with E-state index in [1.165, 1.54) is 10.5 Å². The Labute approximate surface area is 192 Å². The maximum absolute atomic E-state index is 5.51. The summed E-state index contributed by atoms with van der Waals surface area (Å²) in [6.45, 7) is 16.5. The van der Waals surface area contributed by atoms with Crippen LogP contribution in [0.25, 0.3) is 5.70 Å². The second kappa shape index (κ2) is 8.28. The van der Waals surface area contributed by atoms with Crippen LogP contribution in [0.1, 0.15) is 58.0 Å². The molecule has 0 amide bonds. The lowest BCUT2D eigenvalue weighted by Crippen LogP contribution is -2.41. The molecule has 1 aromatic heterocycles. The van der Waals surface area contributed by atoms with Crippen molar-refractivity contribution in [3.05, 3.63) is 27.7 Å². The van der Waals surface area contributed by atoms with Gasteiger partial charge in [0.05, 0.1) is 33.8 Å². The zero-order valence-electron chi connectivity index (χ0n) is 18.8. The first-order valence-corrected chi connectivity index (χ1v) is 12.5. The lowest BCUT2D eigenvalue weighted by atomic mass is 9.82. The molecule has 164 valence electrons. The molecule has 4 rings (SSSR count). The maximum atomic E-state index is 5.51. The predicted molar refractivity (Wildman–Crippen MR) is 129 cm³/mol. The summed E-state index contributed by atoms with van der Waals surface area (Å²) in [5.74, 6) is 1.60. The van der Waals surface area contributed by atoms with Crippen molar-refractivity contribution in [3.63, 3.8) is 0 Å². The van der Waals surface area contributed by atoms with Crippen molar-refractivity contribution in [3.8, 4) is 0 Å². The molecule has 0 spiro atoms. The van der Waals surface area contributed by atoms with Crippen molar-refractivity contribution in [1.82, 2.24) is 15.3 Å². The smallest absolute Gasteiger partial charge is 0.186 e. The van der Waals surface area contributed by atoms with E-state index in [1.54, 1.807) is 11.3 Å². The number of fused-ring (bicyclic) bond motifs is 1. The molecular formula is C22H32BrN5OS. The third-order valence-electron chi connectivity index (χ3n) is 6.45. The highest BCUT2D eigenvalue weighted by Crippen LogP contribution is 2.48. The molecule has 0 radical (unpaired) electrons. The lowest BCUT2D eigenvalue weighted by molar-refractivity contribution is 0.122. The van der Waals surface area contributed by atoms with Crippen LogP contribution in [-0.2, 0) is 4.74 Å². The molecule has 4 heterocycles. The number of hydrogen-bond acceptors (Lipinski definition) is 7. The average Bonchev–Trinajstić information content (AvgIpc) is 3.25. The number of nitrogens with one attached hydrogen (secondary N) is 1. The van der Waals surface area contributed by atoms with E-state index in [-0.39, 0.29) is 4.32 Å². The quantitative estimate of drug-likeness (QED) is 0.580. The van der Waals surface area contributed by atoms with Crippen LogP contribution in [0.3, 0.4) is 0 Å². The number of anilines is 1. The van der Waals surface area contributed by atoms with E-state index < -0.39 is 0 Å². The van der Waals surface area contributed by atoms with Crippen molar-refractivity contribution < 1.29 is 4.74 Å². The molecule has 3 aliphatic rings. The Morgan fingerprint density at radius 2 is 1.87 bits per heavy atom. The molecule has 0 aromatic carbocycles. The van der Waals surface area contributed by atoms with Gasteiger partial charge >= 0.3 is 0 Å². The lowest BCUT2D eigenvalue weighted by Gasteiger charge is -2.38. The van der Waals surface area contributed by atoms with E-state index in [9.17, 15) is 0 Å². The fourth-order valence-electron chi connectivity index (χ4n) is 4.53. The van der Waals surface area contributed by atoms with Gasteiger partial charge in [0.1, 0.15) is 11.5 Å². The van der Waals surface area contributed by atoms with Crippen LogP contribution in [0.5, 0.6) is 0 Å². The summed E-state index contributed by atoms with van der Waals surface area (Å²) in [5, 5.41) is 11.9. The monoisotopic (exact) mass is 493 g/mol. The SMILES string of the molecule is CCC(CC)C1=C2NC(C)=C(c3sc(N4CCOCC4)nc3C)N2N=C(C)C1(C)Br. The Hall–Kier alpha value is -1.38. The normalized spacial score (nSPS) is 24.6. The van der Waals surface area contributed by atoms with Crippen LogP contribution in [0.2, 0.25) is 0 Å². The summed E-state index contributed by atoms with van der Waals surface area (Å²) in [7, 11) is 0. The van der Waals surface area contributed by atoms with Gasteiger partial charge in [-0.3, -0.25) is 0 Å². The van der Waals surface area contributed by atoms with Crippen LogP contribution in [0.4, 0.5) is 5.13 Å². The van der Waals surface area contributed by atoms with Gasteiger partial charge in [-0.05, 0) is 52.0 Å². The van der Waals surface area contributed by atoms with Gasteiger partial charge in [-0.2, -0.15) is 5.10 Å². The summed E-state index contributed by atoms with van der Waals surface area (Å²) < 4.78 is 5.28. The molecule has 30 heavy (non-hydrogen) atoms. The van der Waals surface area contributed by atoms with E-state index in [4.69, 9.17) is 14.8 Å². The van der Waals surface area contributed by atoms with E-state index in [2.05, 4.69) is 72.7 Å². The summed E-state index contributed by atoms with van der Waals surface area (Å²) in [6.07, 6.45) is 2.21. The summed E-state index contributed by atoms with van der Waals surface area (Å²) in [5.41, 5.74) is 5.80. The van der Waals surface area contributed by atoms with E-state index >= 15 is 0 Å². The summed E-state index contributed by atoms with van der Waals surface area (Å²) in [6, 6.07) is 0. The second-order valence-electron chi connectivity index (χ2n) is 8.38. The Kier molecular flexibility index (Phi) is 6.03. The molecule has 0 aliphatic carbocycles. The molecule has 1 fully saturated rings. The number of allylic oxidation sites excluding steroid dienone is 2. The highest BCUT2D eigenvalue weighted by atomic mass is 79.9. The van der Waals surface area contributed by atoms with Crippen molar-refractivity contribution in [2.75, 3.05) is 31.2 Å². The molecule has 0 saturated carbocycles. The van der Waals surface area contributed by atoms with E-state index in [1.807, 2.05) is 0 Å².